The normalized spacial score (nSPS) is 20.3. The Morgan fingerprint density at radius 3 is 2.33 bits per heavy atom. The third kappa shape index (κ3) is 3.65. The summed E-state index contributed by atoms with van der Waals surface area (Å²) in [5.74, 6) is -0.510. The quantitative estimate of drug-likeness (QED) is 0.808. The molecule has 2 aliphatic rings. The second-order valence-corrected chi connectivity index (χ2v) is 7.42. The first-order valence-electron chi connectivity index (χ1n) is 9.36. The molecule has 140 valence electrons. The molecule has 1 N–H and O–H groups in total. The Bertz CT molecular complexity index is 847. The number of carbonyl (C=O) groups is 2. The zero-order valence-corrected chi connectivity index (χ0v) is 15.8. The summed E-state index contributed by atoms with van der Waals surface area (Å²) >= 11 is 6.16. The number of carbonyl (C=O) groups excluding carboxylic acids is 2. The molecule has 6 heteroatoms. The molecule has 2 amide bonds. The van der Waals surface area contributed by atoms with Gasteiger partial charge in [0.1, 0.15) is 6.04 Å². The standard InChI is InChI=1S/C21H22ClN3O2/c22-17-6-2-3-7-19(17)25-20(26)14-18(21(25)27)23-15-8-10-16(11-9-15)24-12-4-1-5-13-24/h2-3,6-11,18,23H,1,4-5,12-14H2/t18-/m1/s1. The average Bonchev–Trinajstić information content (AvgIpc) is 2.97. The van der Waals surface area contributed by atoms with E-state index in [9.17, 15) is 9.59 Å². The minimum atomic E-state index is -0.574. The molecule has 2 heterocycles. The van der Waals surface area contributed by atoms with Crippen molar-refractivity contribution in [3.63, 3.8) is 0 Å². The molecule has 0 radical (unpaired) electrons. The molecule has 0 saturated carbocycles. The van der Waals surface area contributed by atoms with Gasteiger partial charge in [0.2, 0.25) is 5.91 Å². The summed E-state index contributed by atoms with van der Waals surface area (Å²) in [6.45, 7) is 2.18. The Hall–Kier alpha value is -2.53. The number of amides is 2. The van der Waals surface area contributed by atoms with Crippen LogP contribution in [0.2, 0.25) is 5.02 Å². The molecule has 0 aliphatic carbocycles. The van der Waals surface area contributed by atoms with Crippen LogP contribution in [0.5, 0.6) is 0 Å². The Labute approximate surface area is 163 Å². The summed E-state index contributed by atoms with van der Waals surface area (Å²) in [5, 5.41) is 3.59. The number of para-hydroxylation sites is 1. The lowest BCUT2D eigenvalue weighted by atomic mass is 10.1. The van der Waals surface area contributed by atoms with E-state index in [0.717, 1.165) is 18.8 Å². The van der Waals surface area contributed by atoms with Crippen LogP contribution in [0.25, 0.3) is 0 Å². The van der Waals surface area contributed by atoms with E-state index < -0.39 is 6.04 Å². The second-order valence-electron chi connectivity index (χ2n) is 7.01. The van der Waals surface area contributed by atoms with Gasteiger partial charge in [-0.15, -0.1) is 0 Å². The van der Waals surface area contributed by atoms with Crippen molar-refractivity contribution in [1.82, 2.24) is 0 Å². The van der Waals surface area contributed by atoms with Gasteiger partial charge < -0.3 is 10.2 Å². The Kier molecular flexibility index (Phi) is 5.03. The molecule has 2 saturated heterocycles. The molecule has 2 fully saturated rings. The molecule has 0 unspecified atom stereocenters. The summed E-state index contributed by atoms with van der Waals surface area (Å²) < 4.78 is 0. The topological polar surface area (TPSA) is 52.7 Å². The van der Waals surface area contributed by atoms with E-state index in [2.05, 4.69) is 22.3 Å². The fourth-order valence-electron chi connectivity index (χ4n) is 3.75. The third-order valence-corrected chi connectivity index (χ3v) is 5.49. The maximum atomic E-state index is 12.8. The minimum Gasteiger partial charge on any atom is -0.373 e. The van der Waals surface area contributed by atoms with Crippen LogP contribution in [0.15, 0.2) is 48.5 Å². The number of imide groups is 1. The zero-order chi connectivity index (χ0) is 18.8. The van der Waals surface area contributed by atoms with Crippen molar-refractivity contribution in [2.24, 2.45) is 0 Å². The Balaban J connectivity index is 1.46. The molecule has 0 spiro atoms. The number of nitrogens with one attached hydrogen (secondary N) is 1. The Morgan fingerprint density at radius 1 is 0.926 bits per heavy atom. The molecule has 27 heavy (non-hydrogen) atoms. The number of anilines is 3. The largest absolute Gasteiger partial charge is 0.373 e. The van der Waals surface area contributed by atoms with E-state index >= 15 is 0 Å². The van der Waals surface area contributed by atoms with Crippen LogP contribution < -0.4 is 15.1 Å². The fraction of sp³-hybridized carbons (Fsp3) is 0.333. The summed E-state index contributed by atoms with van der Waals surface area (Å²) in [4.78, 5) is 28.7. The van der Waals surface area contributed by atoms with Crippen molar-refractivity contribution >= 4 is 40.5 Å². The van der Waals surface area contributed by atoms with Crippen LogP contribution >= 0.6 is 11.6 Å². The summed E-state index contributed by atoms with van der Waals surface area (Å²) in [6, 6.07) is 14.4. The highest BCUT2D eigenvalue weighted by molar-refractivity contribution is 6.36. The minimum absolute atomic E-state index is 0.123. The van der Waals surface area contributed by atoms with Gasteiger partial charge in [-0.2, -0.15) is 0 Å². The summed E-state index contributed by atoms with van der Waals surface area (Å²) in [7, 11) is 0. The molecule has 2 aliphatic heterocycles. The summed E-state index contributed by atoms with van der Waals surface area (Å²) in [6.07, 6.45) is 3.89. The highest BCUT2D eigenvalue weighted by atomic mass is 35.5. The van der Waals surface area contributed by atoms with Crippen molar-refractivity contribution in [1.29, 1.82) is 0 Å². The molecule has 1 atom stereocenters. The van der Waals surface area contributed by atoms with E-state index in [1.165, 1.54) is 29.8 Å². The molecule has 2 aromatic carbocycles. The second kappa shape index (κ2) is 7.61. The first-order chi connectivity index (χ1) is 13.1. The van der Waals surface area contributed by atoms with Crippen molar-refractivity contribution in [2.75, 3.05) is 28.2 Å². The molecular weight excluding hydrogens is 362 g/mol. The number of nitrogens with zero attached hydrogens (tertiary/aromatic N) is 2. The number of halogens is 1. The molecule has 5 nitrogen and oxygen atoms in total. The SMILES string of the molecule is O=C1C[C@@H](Nc2ccc(N3CCCCC3)cc2)C(=O)N1c1ccccc1Cl. The molecular formula is C21H22ClN3O2. The van der Waals surface area contributed by atoms with E-state index in [1.807, 2.05) is 12.1 Å². The predicted molar refractivity (Wildman–Crippen MR) is 108 cm³/mol. The highest BCUT2D eigenvalue weighted by Gasteiger charge is 2.40. The lowest BCUT2D eigenvalue weighted by molar-refractivity contribution is -0.121. The van der Waals surface area contributed by atoms with Crippen LogP contribution in [0.4, 0.5) is 17.1 Å². The lowest BCUT2D eigenvalue weighted by Crippen LogP contribution is -2.35. The van der Waals surface area contributed by atoms with Gasteiger partial charge in [-0.25, -0.2) is 4.90 Å². The van der Waals surface area contributed by atoms with Gasteiger partial charge in [-0.05, 0) is 55.7 Å². The molecule has 4 rings (SSSR count). The van der Waals surface area contributed by atoms with E-state index in [4.69, 9.17) is 11.6 Å². The van der Waals surface area contributed by atoms with Crippen LogP contribution in [0.1, 0.15) is 25.7 Å². The van der Waals surface area contributed by atoms with Gasteiger partial charge in [0, 0.05) is 24.5 Å². The maximum absolute atomic E-state index is 12.8. The van der Waals surface area contributed by atoms with Crippen LogP contribution in [0.3, 0.4) is 0 Å². The third-order valence-electron chi connectivity index (χ3n) is 5.17. The smallest absolute Gasteiger partial charge is 0.256 e. The van der Waals surface area contributed by atoms with Gasteiger partial charge in [0.25, 0.3) is 5.91 Å². The van der Waals surface area contributed by atoms with Crippen molar-refractivity contribution in [2.45, 2.75) is 31.7 Å². The first kappa shape index (κ1) is 17.9. The molecule has 0 bridgehead atoms. The summed E-state index contributed by atoms with van der Waals surface area (Å²) in [5.41, 5.74) is 2.48. The van der Waals surface area contributed by atoms with Gasteiger partial charge in [0.15, 0.2) is 0 Å². The highest BCUT2D eigenvalue weighted by Crippen LogP contribution is 2.31. The zero-order valence-electron chi connectivity index (χ0n) is 15.0. The fourth-order valence-corrected chi connectivity index (χ4v) is 3.97. The van der Waals surface area contributed by atoms with Gasteiger partial charge >= 0.3 is 0 Å². The number of benzene rings is 2. The van der Waals surface area contributed by atoms with Crippen LogP contribution in [-0.4, -0.2) is 30.9 Å². The van der Waals surface area contributed by atoms with Crippen molar-refractivity contribution in [3.8, 4) is 0 Å². The van der Waals surface area contributed by atoms with Gasteiger partial charge in [-0.1, -0.05) is 23.7 Å². The van der Waals surface area contributed by atoms with E-state index in [1.54, 1.807) is 24.3 Å². The Morgan fingerprint density at radius 2 is 1.63 bits per heavy atom. The predicted octanol–water partition coefficient (Wildman–Crippen LogP) is 4.07. The number of hydrogen-bond acceptors (Lipinski definition) is 4. The lowest BCUT2D eigenvalue weighted by Gasteiger charge is -2.29. The van der Waals surface area contributed by atoms with Crippen molar-refractivity contribution in [3.05, 3.63) is 53.6 Å². The first-order valence-corrected chi connectivity index (χ1v) is 9.74. The number of piperidine rings is 1. The average molecular weight is 384 g/mol. The van der Waals surface area contributed by atoms with Gasteiger partial charge in [0.05, 0.1) is 17.1 Å². The number of rotatable bonds is 4. The van der Waals surface area contributed by atoms with E-state index in [-0.39, 0.29) is 18.2 Å². The number of hydrogen-bond donors (Lipinski definition) is 1. The van der Waals surface area contributed by atoms with Crippen LogP contribution in [0, 0.1) is 0 Å². The van der Waals surface area contributed by atoms with E-state index in [0.29, 0.717) is 10.7 Å². The molecule has 0 aromatic heterocycles. The maximum Gasteiger partial charge on any atom is 0.256 e. The van der Waals surface area contributed by atoms with Crippen molar-refractivity contribution < 1.29 is 9.59 Å². The van der Waals surface area contributed by atoms with Crippen LogP contribution in [-0.2, 0) is 9.59 Å². The van der Waals surface area contributed by atoms with Gasteiger partial charge in [-0.3, -0.25) is 9.59 Å². The monoisotopic (exact) mass is 383 g/mol. The molecule has 2 aromatic rings.